The molecule has 5 heteroatoms. The zero-order chi connectivity index (χ0) is 20.4. The molecule has 0 N–H and O–H groups in total. The van der Waals surface area contributed by atoms with Crippen molar-refractivity contribution in [1.29, 1.82) is 0 Å². The van der Waals surface area contributed by atoms with Gasteiger partial charge in [-0.2, -0.15) is 0 Å². The van der Waals surface area contributed by atoms with Gasteiger partial charge in [-0.3, -0.25) is 0 Å². The van der Waals surface area contributed by atoms with Gasteiger partial charge in [0.2, 0.25) is 0 Å². The summed E-state index contributed by atoms with van der Waals surface area (Å²) in [5.41, 5.74) is 1.35. The molecule has 3 nitrogen and oxygen atoms in total. The number of fused-ring (bicyclic) bond motifs is 1. The van der Waals surface area contributed by atoms with E-state index in [0.29, 0.717) is 6.61 Å². The van der Waals surface area contributed by atoms with E-state index in [4.69, 9.17) is 4.74 Å². The maximum atomic E-state index is 13.1. The first kappa shape index (κ1) is 24.2. The van der Waals surface area contributed by atoms with Crippen molar-refractivity contribution in [3.05, 3.63) is 16.5 Å². The van der Waals surface area contributed by atoms with Gasteiger partial charge in [0.25, 0.3) is 0 Å². The number of rotatable bonds is 14. The van der Waals surface area contributed by atoms with Crippen LogP contribution < -0.4 is 2.89 Å². The predicted molar refractivity (Wildman–Crippen MR) is 125 cm³/mol. The maximum absolute atomic E-state index is 13.1. The van der Waals surface area contributed by atoms with Crippen LogP contribution in [0.25, 0.3) is 0 Å². The molecule has 2 rings (SSSR count). The Balaban J connectivity index is 2.27. The Morgan fingerprint density at radius 3 is 2.18 bits per heavy atom. The number of thiophene rings is 1. The fraction of sp³-hybridized carbons (Fsp3) is 0.783. The number of ether oxygens (including phenoxy) is 1. The van der Waals surface area contributed by atoms with Crippen LogP contribution in [0.5, 0.6) is 0 Å². The zero-order valence-corrected chi connectivity index (χ0v) is 22.3. The molecule has 160 valence electrons. The Morgan fingerprint density at radius 1 is 1.04 bits per heavy atom. The summed E-state index contributed by atoms with van der Waals surface area (Å²) in [7, 11) is 0. The molecular formula is C23H41NO2SSn. The number of unbranched alkanes of at least 4 members (excludes halogenated alkanes) is 3. The van der Waals surface area contributed by atoms with Crippen LogP contribution in [0.3, 0.4) is 0 Å². The summed E-state index contributed by atoms with van der Waals surface area (Å²) in [6.07, 6.45) is 9.05. The third-order valence-electron chi connectivity index (χ3n) is 6.20. The molecule has 0 bridgehead atoms. The third-order valence-corrected chi connectivity index (χ3v) is 25.6. The number of hydrogen-bond acceptors (Lipinski definition) is 3. The van der Waals surface area contributed by atoms with Gasteiger partial charge in [0.05, 0.1) is 0 Å². The number of hydrogen-bond donors (Lipinski definition) is 0. The van der Waals surface area contributed by atoms with Crippen LogP contribution in [-0.4, -0.2) is 55.5 Å². The van der Waals surface area contributed by atoms with Crippen LogP contribution in [0.4, 0.5) is 0 Å². The summed E-state index contributed by atoms with van der Waals surface area (Å²) in [4.78, 5) is 16.2. The van der Waals surface area contributed by atoms with E-state index in [1.165, 1.54) is 57.4 Å². The summed E-state index contributed by atoms with van der Waals surface area (Å²) in [5.74, 6) is 0.263. The molecule has 1 aromatic heterocycles. The molecule has 2 heterocycles. The molecule has 1 aliphatic rings. The molecule has 0 aliphatic carbocycles. The summed E-state index contributed by atoms with van der Waals surface area (Å²) < 4.78 is 11.6. The monoisotopic (exact) mass is 515 g/mol. The van der Waals surface area contributed by atoms with Crippen LogP contribution in [0.2, 0.25) is 13.3 Å². The number of carbonyl (C=O) groups is 1. The van der Waals surface area contributed by atoms with E-state index in [1.54, 1.807) is 2.89 Å². The van der Waals surface area contributed by atoms with Gasteiger partial charge in [-0.15, -0.1) is 0 Å². The SMILES string of the molecule is CCC[CH2][Sn]([CH2]CCC)([CH2]CCC)[c]1cc2c(s1)C(=O)N(CCOCC)CC2. The normalized spacial score (nSPS) is 14.6. The number of amides is 1. The van der Waals surface area contributed by atoms with Gasteiger partial charge in [-0.25, -0.2) is 0 Å². The van der Waals surface area contributed by atoms with Crippen LogP contribution in [0.15, 0.2) is 6.07 Å². The first-order valence-electron chi connectivity index (χ1n) is 11.6. The van der Waals surface area contributed by atoms with Crippen molar-refractivity contribution in [2.75, 3.05) is 26.3 Å². The summed E-state index contributed by atoms with van der Waals surface area (Å²) in [6.45, 7) is 12.0. The van der Waals surface area contributed by atoms with Gasteiger partial charge in [0, 0.05) is 0 Å². The molecule has 1 aromatic rings. The van der Waals surface area contributed by atoms with Gasteiger partial charge in [0.15, 0.2) is 0 Å². The average Bonchev–Trinajstić information content (AvgIpc) is 3.15. The standard InChI is InChI=1S/C11H14NO2S.3C4H9.Sn/c1-2-14-7-6-12-5-3-9-4-8-15-10(9)11(12)13;3*1-3-4-2;/h4H,2-3,5-7H2,1H3;3*1,3-4H2,2H3;. The first-order chi connectivity index (χ1) is 13.6. The second-order valence-corrected chi connectivity index (χ2v) is 23.5. The van der Waals surface area contributed by atoms with E-state index in [0.717, 1.165) is 31.0 Å². The molecule has 0 saturated carbocycles. The van der Waals surface area contributed by atoms with Crippen LogP contribution >= 0.6 is 11.3 Å². The fourth-order valence-electron chi connectivity index (χ4n) is 4.38. The number of carbonyl (C=O) groups excluding carboxylic acids is 1. The summed E-state index contributed by atoms with van der Waals surface area (Å²) in [6, 6.07) is 2.51. The molecule has 0 spiro atoms. The van der Waals surface area contributed by atoms with Crippen molar-refractivity contribution in [3.63, 3.8) is 0 Å². The molecule has 0 atom stereocenters. The molecule has 0 fully saturated rings. The van der Waals surface area contributed by atoms with Gasteiger partial charge in [-0.05, 0) is 0 Å². The van der Waals surface area contributed by atoms with E-state index in [1.807, 2.05) is 23.2 Å². The Bertz CT molecular complexity index is 580. The van der Waals surface area contributed by atoms with Crippen LogP contribution in [-0.2, 0) is 11.2 Å². The van der Waals surface area contributed by atoms with E-state index in [-0.39, 0.29) is 5.91 Å². The van der Waals surface area contributed by atoms with E-state index in [2.05, 4.69) is 26.8 Å². The average molecular weight is 514 g/mol. The third kappa shape index (κ3) is 6.21. The van der Waals surface area contributed by atoms with Gasteiger partial charge in [-0.1, -0.05) is 0 Å². The molecule has 0 aromatic carbocycles. The second kappa shape index (κ2) is 12.6. The van der Waals surface area contributed by atoms with Gasteiger partial charge in [0.1, 0.15) is 0 Å². The molecule has 0 radical (unpaired) electrons. The van der Waals surface area contributed by atoms with Crippen LogP contribution in [0, 0.1) is 0 Å². The van der Waals surface area contributed by atoms with Crippen molar-refractivity contribution >= 4 is 38.5 Å². The minimum absolute atomic E-state index is 0.263. The first-order valence-corrected chi connectivity index (χ1v) is 19.9. The fourth-order valence-corrected chi connectivity index (χ4v) is 24.8. The Hall–Kier alpha value is -0.0713. The minimum atomic E-state index is -2.42. The van der Waals surface area contributed by atoms with E-state index >= 15 is 0 Å². The van der Waals surface area contributed by atoms with Gasteiger partial charge >= 0.3 is 182 Å². The molecule has 0 saturated heterocycles. The second-order valence-electron chi connectivity index (χ2n) is 8.30. The Kier molecular flexibility index (Phi) is 10.9. The quantitative estimate of drug-likeness (QED) is 0.231. The van der Waals surface area contributed by atoms with E-state index < -0.39 is 18.4 Å². The zero-order valence-electron chi connectivity index (χ0n) is 18.6. The van der Waals surface area contributed by atoms with Crippen molar-refractivity contribution < 1.29 is 9.53 Å². The molecule has 1 amide bonds. The van der Waals surface area contributed by atoms with E-state index in [9.17, 15) is 4.79 Å². The van der Waals surface area contributed by atoms with Crippen LogP contribution in [0.1, 0.15) is 81.5 Å². The summed E-state index contributed by atoms with van der Waals surface area (Å²) >= 11 is -0.519. The van der Waals surface area contributed by atoms with Crippen molar-refractivity contribution in [1.82, 2.24) is 4.90 Å². The molecule has 1 aliphatic heterocycles. The predicted octanol–water partition coefficient (Wildman–Crippen LogP) is 5.84. The van der Waals surface area contributed by atoms with Crippen molar-refractivity contribution in [2.24, 2.45) is 0 Å². The van der Waals surface area contributed by atoms with Gasteiger partial charge < -0.3 is 0 Å². The number of nitrogens with zero attached hydrogens (tertiary/aromatic N) is 1. The summed E-state index contributed by atoms with van der Waals surface area (Å²) in [5, 5.41) is 0. The molecule has 28 heavy (non-hydrogen) atoms. The molecular weight excluding hydrogens is 473 g/mol. The van der Waals surface area contributed by atoms with Crippen molar-refractivity contribution in [3.8, 4) is 0 Å². The topological polar surface area (TPSA) is 29.5 Å². The molecule has 0 unspecified atom stereocenters. The Labute approximate surface area is 181 Å². The Morgan fingerprint density at radius 2 is 1.64 bits per heavy atom. The van der Waals surface area contributed by atoms with Crippen molar-refractivity contribution in [2.45, 2.75) is 86.0 Å².